The van der Waals surface area contributed by atoms with E-state index in [9.17, 15) is 4.79 Å². The summed E-state index contributed by atoms with van der Waals surface area (Å²) >= 11 is 0. The highest BCUT2D eigenvalue weighted by Crippen LogP contribution is 2.39. The number of nitrogens with one attached hydrogen (secondary N) is 1. The molecule has 0 saturated heterocycles. The van der Waals surface area contributed by atoms with Crippen molar-refractivity contribution >= 4 is 16.9 Å². The van der Waals surface area contributed by atoms with Gasteiger partial charge >= 0.3 is 0 Å². The van der Waals surface area contributed by atoms with Gasteiger partial charge in [0.05, 0.1) is 0 Å². The van der Waals surface area contributed by atoms with Crippen LogP contribution in [0.5, 0.6) is 0 Å². The molecule has 2 fully saturated rings. The van der Waals surface area contributed by atoms with Gasteiger partial charge in [-0.1, -0.05) is 18.1 Å². The summed E-state index contributed by atoms with van der Waals surface area (Å²) in [5.74, 6) is 1.37. The van der Waals surface area contributed by atoms with Crippen molar-refractivity contribution < 1.29 is 9.21 Å². The molecule has 4 rings (SSSR count). The number of furan rings is 1. The predicted molar refractivity (Wildman–Crippen MR) is 90.2 cm³/mol. The number of aryl methyl sites for hydroxylation is 1. The second-order valence-corrected chi connectivity index (χ2v) is 7.33. The topological polar surface area (TPSA) is 68.3 Å². The first-order chi connectivity index (χ1) is 11.1. The zero-order chi connectivity index (χ0) is 16.0. The lowest BCUT2D eigenvalue weighted by atomic mass is 9.67. The first-order valence-electron chi connectivity index (χ1n) is 8.67. The highest BCUT2D eigenvalue weighted by atomic mass is 16.3. The molecule has 2 aliphatic rings. The van der Waals surface area contributed by atoms with Gasteiger partial charge in [-0.15, -0.1) is 0 Å². The van der Waals surface area contributed by atoms with Crippen LogP contribution in [0.25, 0.3) is 11.0 Å². The predicted octanol–water partition coefficient (Wildman–Crippen LogP) is 3.38. The van der Waals surface area contributed by atoms with E-state index in [4.69, 9.17) is 10.2 Å². The van der Waals surface area contributed by atoms with Gasteiger partial charge in [-0.2, -0.15) is 0 Å². The Morgan fingerprint density at radius 3 is 2.70 bits per heavy atom. The minimum atomic E-state index is -0.0868. The molecule has 2 aliphatic carbocycles. The maximum Gasteiger partial charge on any atom is 0.287 e. The monoisotopic (exact) mass is 312 g/mol. The molecule has 0 aliphatic heterocycles. The Balaban J connectivity index is 1.54. The number of hydrogen-bond acceptors (Lipinski definition) is 3. The first-order valence-corrected chi connectivity index (χ1v) is 8.67. The molecule has 4 heteroatoms. The molecule has 2 aromatic rings. The molecule has 1 aromatic carbocycles. The van der Waals surface area contributed by atoms with Gasteiger partial charge in [0.1, 0.15) is 5.58 Å². The Bertz CT molecular complexity index is 722. The molecule has 2 bridgehead atoms. The third kappa shape index (κ3) is 2.76. The highest BCUT2D eigenvalue weighted by Gasteiger charge is 2.40. The first kappa shape index (κ1) is 14.8. The summed E-state index contributed by atoms with van der Waals surface area (Å²) in [6.07, 6.45) is 5.67. The zero-order valence-electron chi connectivity index (χ0n) is 13.5. The standard InChI is InChI=1S/C19H24N2O2/c1-11-5-6-16-14(7-11)10-17(23-16)19(22)21-18-12-3-2-4-13(18)9-15(20)8-12/h5-7,10,12-13,15,18H,2-4,8-9,20H2,1H3,(H,21,22). The fourth-order valence-electron chi connectivity index (χ4n) is 4.52. The Morgan fingerprint density at radius 1 is 1.22 bits per heavy atom. The van der Waals surface area contributed by atoms with Crippen LogP contribution in [0.15, 0.2) is 28.7 Å². The van der Waals surface area contributed by atoms with E-state index in [0.29, 0.717) is 23.6 Å². The maximum atomic E-state index is 12.6. The molecule has 1 heterocycles. The number of rotatable bonds is 2. The lowest BCUT2D eigenvalue weighted by molar-refractivity contribution is 0.0734. The minimum absolute atomic E-state index is 0.0868. The second-order valence-electron chi connectivity index (χ2n) is 7.33. The normalized spacial score (nSPS) is 30.3. The number of fused-ring (bicyclic) bond motifs is 3. The van der Waals surface area contributed by atoms with Gasteiger partial charge in [-0.05, 0) is 62.6 Å². The van der Waals surface area contributed by atoms with Crippen molar-refractivity contribution in [3.05, 3.63) is 35.6 Å². The van der Waals surface area contributed by atoms with Gasteiger partial charge in [0.2, 0.25) is 0 Å². The number of nitrogens with two attached hydrogens (primary N) is 1. The molecule has 122 valence electrons. The Labute approximate surface area is 136 Å². The van der Waals surface area contributed by atoms with Crippen LogP contribution < -0.4 is 11.1 Å². The van der Waals surface area contributed by atoms with Crippen molar-refractivity contribution in [3.63, 3.8) is 0 Å². The molecule has 2 atom stereocenters. The Kier molecular flexibility index (Phi) is 3.64. The Morgan fingerprint density at radius 2 is 1.96 bits per heavy atom. The lowest BCUT2D eigenvalue weighted by Gasteiger charge is -2.45. The van der Waals surface area contributed by atoms with Crippen molar-refractivity contribution in [1.82, 2.24) is 5.32 Å². The lowest BCUT2D eigenvalue weighted by Crippen LogP contribution is -2.53. The summed E-state index contributed by atoms with van der Waals surface area (Å²) < 4.78 is 5.73. The maximum absolute atomic E-state index is 12.6. The molecule has 3 N–H and O–H groups in total. The van der Waals surface area contributed by atoms with Gasteiger partial charge in [0.25, 0.3) is 5.91 Å². The zero-order valence-corrected chi connectivity index (χ0v) is 13.5. The van der Waals surface area contributed by atoms with Crippen LogP contribution in [-0.2, 0) is 0 Å². The SMILES string of the molecule is Cc1ccc2oc(C(=O)NC3C4CCCC3CC(N)C4)cc2c1. The average molecular weight is 312 g/mol. The van der Waals surface area contributed by atoms with Crippen molar-refractivity contribution in [2.45, 2.75) is 51.1 Å². The fourth-order valence-corrected chi connectivity index (χ4v) is 4.52. The number of hydrogen-bond donors (Lipinski definition) is 2. The van der Waals surface area contributed by atoms with Crippen LogP contribution in [0.3, 0.4) is 0 Å². The van der Waals surface area contributed by atoms with E-state index in [2.05, 4.69) is 5.32 Å². The summed E-state index contributed by atoms with van der Waals surface area (Å²) in [6, 6.07) is 8.38. The summed E-state index contributed by atoms with van der Waals surface area (Å²) in [5.41, 5.74) is 8.10. The fraction of sp³-hybridized carbons (Fsp3) is 0.526. The van der Waals surface area contributed by atoms with Crippen molar-refractivity contribution in [2.75, 3.05) is 0 Å². The van der Waals surface area contributed by atoms with Gasteiger partial charge in [0.15, 0.2) is 5.76 Å². The Hall–Kier alpha value is -1.81. The number of carbonyl (C=O) groups excluding carboxylic acids is 1. The number of amides is 1. The molecule has 1 aromatic heterocycles. The van der Waals surface area contributed by atoms with E-state index in [-0.39, 0.29) is 11.9 Å². The van der Waals surface area contributed by atoms with Crippen molar-refractivity contribution in [3.8, 4) is 0 Å². The van der Waals surface area contributed by atoms with E-state index >= 15 is 0 Å². The largest absolute Gasteiger partial charge is 0.451 e. The minimum Gasteiger partial charge on any atom is -0.451 e. The summed E-state index contributed by atoms with van der Waals surface area (Å²) in [5, 5.41) is 4.23. The quantitative estimate of drug-likeness (QED) is 0.893. The van der Waals surface area contributed by atoms with Crippen LogP contribution in [-0.4, -0.2) is 18.0 Å². The van der Waals surface area contributed by atoms with Crippen LogP contribution in [0, 0.1) is 18.8 Å². The van der Waals surface area contributed by atoms with Crippen molar-refractivity contribution in [2.24, 2.45) is 17.6 Å². The van der Waals surface area contributed by atoms with Crippen LogP contribution >= 0.6 is 0 Å². The van der Waals surface area contributed by atoms with Crippen LogP contribution in [0.4, 0.5) is 0 Å². The third-order valence-electron chi connectivity index (χ3n) is 5.57. The second kappa shape index (κ2) is 5.68. The van der Waals surface area contributed by atoms with Crippen molar-refractivity contribution in [1.29, 1.82) is 0 Å². The molecule has 0 radical (unpaired) electrons. The van der Waals surface area contributed by atoms with Gasteiger partial charge in [0, 0.05) is 17.5 Å². The number of benzene rings is 1. The molecule has 23 heavy (non-hydrogen) atoms. The smallest absolute Gasteiger partial charge is 0.287 e. The van der Waals surface area contributed by atoms with Gasteiger partial charge in [-0.25, -0.2) is 0 Å². The van der Waals surface area contributed by atoms with E-state index in [0.717, 1.165) is 23.8 Å². The highest BCUT2D eigenvalue weighted by molar-refractivity contribution is 5.96. The molecule has 2 unspecified atom stereocenters. The molecule has 2 saturated carbocycles. The summed E-state index contributed by atoms with van der Waals surface area (Å²) in [7, 11) is 0. The van der Waals surface area contributed by atoms with E-state index in [1.54, 1.807) is 0 Å². The molecular formula is C19H24N2O2. The van der Waals surface area contributed by atoms with E-state index in [1.807, 2.05) is 31.2 Å². The van der Waals surface area contributed by atoms with E-state index < -0.39 is 0 Å². The summed E-state index contributed by atoms with van der Waals surface area (Å²) in [6.45, 7) is 2.04. The van der Waals surface area contributed by atoms with Crippen LogP contribution in [0.2, 0.25) is 0 Å². The molecular weight excluding hydrogens is 288 g/mol. The average Bonchev–Trinajstić information content (AvgIpc) is 2.91. The van der Waals surface area contributed by atoms with Gasteiger partial charge < -0.3 is 15.5 Å². The molecule has 4 nitrogen and oxygen atoms in total. The van der Waals surface area contributed by atoms with Crippen LogP contribution in [0.1, 0.15) is 48.2 Å². The van der Waals surface area contributed by atoms with E-state index in [1.165, 1.54) is 24.8 Å². The van der Waals surface area contributed by atoms with Gasteiger partial charge in [-0.3, -0.25) is 4.79 Å². The third-order valence-corrected chi connectivity index (χ3v) is 5.57. The number of carbonyl (C=O) groups is 1. The summed E-state index contributed by atoms with van der Waals surface area (Å²) in [4.78, 5) is 12.6. The molecule has 1 amide bonds. The molecule has 0 spiro atoms.